The van der Waals surface area contributed by atoms with Crippen LogP contribution in [0.3, 0.4) is 0 Å². The van der Waals surface area contributed by atoms with Gasteiger partial charge in [-0.25, -0.2) is 0 Å². The van der Waals surface area contributed by atoms with Crippen molar-refractivity contribution in [3.63, 3.8) is 0 Å². The molecule has 0 bridgehead atoms. The maximum Gasteiger partial charge on any atom is 0.272 e. The molecule has 1 atom stereocenters. The molecule has 9 heteroatoms. The Morgan fingerprint density at radius 3 is 2.00 bits per heavy atom. The van der Waals surface area contributed by atoms with E-state index in [1.165, 1.54) is 11.8 Å². The third-order valence-corrected chi connectivity index (χ3v) is 9.79. The fourth-order valence-electron chi connectivity index (χ4n) is 5.57. The van der Waals surface area contributed by atoms with Gasteiger partial charge in [0.2, 0.25) is 5.91 Å². The van der Waals surface area contributed by atoms with E-state index in [-0.39, 0.29) is 11.6 Å². The number of thioether (sulfide) groups is 1. The zero-order valence-corrected chi connectivity index (χ0v) is 31.8. The van der Waals surface area contributed by atoms with Gasteiger partial charge in [0.1, 0.15) is 29.1 Å². The third-order valence-electron chi connectivity index (χ3n) is 8.54. The monoisotopic (exact) mass is 761 g/mol. The van der Waals surface area contributed by atoms with Crippen LogP contribution >= 0.6 is 11.8 Å². The molecule has 0 heterocycles. The Hall–Kier alpha value is -6.58. The molecule has 0 fully saturated rings. The van der Waals surface area contributed by atoms with Crippen LogP contribution in [0.4, 0.5) is 11.4 Å². The Balaban J connectivity index is 1.17. The maximum atomic E-state index is 13.9. The minimum atomic E-state index is -0.595. The Labute approximate surface area is 332 Å². The molecular weight excluding hydrogens is 719 g/mol. The average Bonchev–Trinajstić information content (AvgIpc) is 3.24. The fraction of sp³-hybridized carbons (Fsp3) is 0.128. The second-order valence-electron chi connectivity index (χ2n) is 12.8. The van der Waals surface area contributed by atoms with Crippen LogP contribution in [0.25, 0.3) is 6.08 Å². The lowest BCUT2D eigenvalue weighted by Crippen LogP contribution is -2.30. The van der Waals surface area contributed by atoms with Crippen LogP contribution in [-0.2, 0) is 16.2 Å². The number of carbonyl (C=O) groups is 3. The number of anilines is 2. The van der Waals surface area contributed by atoms with Crippen molar-refractivity contribution in [3.8, 4) is 11.5 Å². The molecule has 0 aliphatic carbocycles. The van der Waals surface area contributed by atoms with Gasteiger partial charge >= 0.3 is 0 Å². The first-order chi connectivity index (χ1) is 27.4. The highest BCUT2D eigenvalue weighted by Gasteiger charge is 2.23. The number of hydrogen-bond donors (Lipinski definition) is 3. The molecule has 0 saturated carbocycles. The number of carbonyl (C=O) groups excluding carboxylic acids is 3. The van der Waals surface area contributed by atoms with Crippen molar-refractivity contribution < 1.29 is 23.9 Å². The molecule has 0 aliphatic heterocycles. The quantitative estimate of drug-likeness (QED) is 0.0486. The first-order valence-electron chi connectivity index (χ1n) is 18.4. The van der Waals surface area contributed by atoms with Gasteiger partial charge in [-0.15, -0.1) is 11.8 Å². The SMILES string of the molecule is CCCCOc1ccc(NC(=O)C(Sc2cccc(NC(=O)/C(=C/c3ccc(OCc4ccccc4)cc3)NC(=O)c3ccccc3)c2)c2ccccc2)cc1. The Morgan fingerprint density at radius 2 is 1.30 bits per heavy atom. The predicted molar refractivity (Wildman–Crippen MR) is 225 cm³/mol. The van der Waals surface area contributed by atoms with Gasteiger partial charge in [-0.1, -0.05) is 110 Å². The van der Waals surface area contributed by atoms with Gasteiger partial charge in [-0.05, 0) is 95.9 Å². The van der Waals surface area contributed by atoms with Gasteiger partial charge in [0, 0.05) is 21.8 Å². The van der Waals surface area contributed by atoms with Crippen molar-refractivity contribution in [3.05, 3.63) is 192 Å². The van der Waals surface area contributed by atoms with Crippen LogP contribution < -0.4 is 25.4 Å². The number of nitrogens with one attached hydrogen (secondary N) is 3. The van der Waals surface area contributed by atoms with Crippen LogP contribution in [0.15, 0.2) is 174 Å². The van der Waals surface area contributed by atoms with Crippen LogP contribution in [0.5, 0.6) is 11.5 Å². The van der Waals surface area contributed by atoms with E-state index in [1.54, 1.807) is 36.4 Å². The summed E-state index contributed by atoms with van der Waals surface area (Å²) in [6.45, 7) is 3.19. The predicted octanol–water partition coefficient (Wildman–Crippen LogP) is 10.3. The number of unbranched alkanes of at least 4 members (excludes halogenated alkanes) is 1. The molecule has 3 amide bonds. The minimum absolute atomic E-state index is 0.0539. The zero-order valence-electron chi connectivity index (χ0n) is 31.0. The van der Waals surface area contributed by atoms with E-state index in [9.17, 15) is 14.4 Å². The summed E-state index contributed by atoms with van der Waals surface area (Å²) in [6.07, 6.45) is 3.65. The smallest absolute Gasteiger partial charge is 0.272 e. The largest absolute Gasteiger partial charge is 0.494 e. The third kappa shape index (κ3) is 11.7. The van der Waals surface area contributed by atoms with Crippen LogP contribution in [0.1, 0.15) is 52.1 Å². The minimum Gasteiger partial charge on any atom is -0.494 e. The molecule has 0 spiro atoms. The highest BCUT2D eigenvalue weighted by atomic mass is 32.2. The molecule has 0 saturated heterocycles. The van der Waals surface area contributed by atoms with E-state index in [4.69, 9.17) is 9.47 Å². The molecule has 0 aromatic heterocycles. The fourth-order valence-corrected chi connectivity index (χ4v) is 6.65. The molecule has 0 aliphatic rings. The van der Waals surface area contributed by atoms with Crippen molar-refractivity contribution in [2.75, 3.05) is 17.2 Å². The Kier molecular flexibility index (Phi) is 14.1. The van der Waals surface area contributed by atoms with Gasteiger partial charge < -0.3 is 25.4 Å². The summed E-state index contributed by atoms with van der Waals surface area (Å²) in [7, 11) is 0. The number of amides is 3. The van der Waals surface area contributed by atoms with Crippen molar-refractivity contribution in [1.29, 1.82) is 0 Å². The molecule has 6 aromatic carbocycles. The molecule has 3 N–H and O–H groups in total. The number of hydrogen-bond acceptors (Lipinski definition) is 6. The van der Waals surface area contributed by atoms with Crippen LogP contribution in [0, 0.1) is 0 Å². The van der Waals surface area contributed by atoms with E-state index in [1.807, 2.05) is 133 Å². The summed E-state index contributed by atoms with van der Waals surface area (Å²) in [5, 5.41) is 8.20. The number of benzene rings is 6. The van der Waals surface area contributed by atoms with Crippen LogP contribution in [-0.4, -0.2) is 24.3 Å². The highest BCUT2D eigenvalue weighted by Crippen LogP contribution is 2.37. The summed E-state index contributed by atoms with van der Waals surface area (Å²) < 4.78 is 11.7. The standard InChI is InChI=1S/C47H43N3O5S/c1-2-3-30-54-40-28-24-38(25-29-40)48-47(53)44(36-16-9-5-10-17-36)56-42-21-13-20-39(32-42)49-46(52)43(50-45(51)37-18-11-6-12-19-37)31-34-22-26-41(27-23-34)55-33-35-14-7-4-8-15-35/h4-29,31-32,44H,2-3,30,33H2,1H3,(H,48,53)(H,49,52)(H,50,51)/b43-31-. The summed E-state index contributed by atoms with van der Waals surface area (Å²) in [4.78, 5) is 41.7. The molecule has 282 valence electrons. The van der Waals surface area contributed by atoms with Crippen molar-refractivity contribution in [2.45, 2.75) is 36.5 Å². The van der Waals surface area contributed by atoms with Gasteiger partial charge in [-0.3, -0.25) is 14.4 Å². The van der Waals surface area contributed by atoms with Gasteiger partial charge in [0.05, 0.1) is 6.61 Å². The lowest BCUT2D eigenvalue weighted by molar-refractivity contribution is -0.116. The van der Waals surface area contributed by atoms with E-state index < -0.39 is 17.1 Å². The molecular formula is C47H43N3O5S. The van der Waals surface area contributed by atoms with E-state index in [2.05, 4.69) is 22.9 Å². The van der Waals surface area contributed by atoms with Gasteiger partial charge in [0.15, 0.2) is 0 Å². The number of ether oxygens (including phenoxy) is 2. The first-order valence-corrected chi connectivity index (χ1v) is 19.3. The second kappa shape index (κ2) is 20.2. The second-order valence-corrected chi connectivity index (χ2v) is 14.0. The normalized spacial score (nSPS) is 11.6. The topological polar surface area (TPSA) is 106 Å². The summed E-state index contributed by atoms with van der Waals surface area (Å²) in [5.74, 6) is 0.298. The Bertz CT molecular complexity index is 2210. The van der Waals surface area contributed by atoms with Crippen molar-refractivity contribution >= 4 is 46.9 Å². The summed E-state index contributed by atoms with van der Waals surface area (Å²) >= 11 is 1.37. The van der Waals surface area contributed by atoms with Crippen molar-refractivity contribution in [2.24, 2.45) is 0 Å². The molecule has 6 rings (SSSR count). The van der Waals surface area contributed by atoms with Gasteiger partial charge in [0.25, 0.3) is 11.8 Å². The highest BCUT2D eigenvalue weighted by molar-refractivity contribution is 8.00. The van der Waals surface area contributed by atoms with E-state index >= 15 is 0 Å². The number of rotatable bonds is 17. The average molecular weight is 762 g/mol. The summed E-state index contributed by atoms with van der Waals surface area (Å²) in [5.41, 5.74) is 4.19. The lowest BCUT2D eigenvalue weighted by Gasteiger charge is -2.18. The first kappa shape index (κ1) is 39.1. The van der Waals surface area contributed by atoms with Crippen LogP contribution in [0.2, 0.25) is 0 Å². The summed E-state index contributed by atoms with van der Waals surface area (Å²) in [6, 6.07) is 50.1. The molecule has 6 aromatic rings. The van der Waals surface area contributed by atoms with Crippen molar-refractivity contribution in [1.82, 2.24) is 5.32 Å². The molecule has 8 nitrogen and oxygen atoms in total. The maximum absolute atomic E-state index is 13.9. The molecule has 56 heavy (non-hydrogen) atoms. The molecule has 1 unspecified atom stereocenters. The Morgan fingerprint density at radius 1 is 0.661 bits per heavy atom. The lowest BCUT2D eigenvalue weighted by atomic mass is 10.1. The van der Waals surface area contributed by atoms with E-state index in [0.717, 1.165) is 34.6 Å². The molecule has 0 radical (unpaired) electrons. The van der Waals surface area contributed by atoms with Gasteiger partial charge in [-0.2, -0.15) is 0 Å². The zero-order chi connectivity index (χ0) is 39.0. The van der Waals surface area contributed by atoms with E-state index in [0.29, 0.717) is 41.5 Å².